The molecule has 0 aliphatic rings. The number of carbonyl (C=O) groups is 1. The molecular formula is C13H16N4OS. The number of benzene rings is 1. The maximum Gasteiger partial charge on any atom is 0.221 e. The van der Waals surface area contributed by atoms with E-state index in [1.807, 2.05) is 18.2 Å². The van der Waals surface area contributed by atoms with Crippen LogP contribution >= 0.6 is 11.8 Å². The van der Waals surface area contributed by atoms with Gasteiger partial charge in [0.25, 0.3) is 0 Å². The number of thioether (sulfide) groups is 1. The van der Waals surface area contributed by atoms with Crippen LogP contribution in [0.4, 0.5) is 0 Å². The third-order valence-corrected chi connectivity index (χ3v) is 3.48. The topological polar surface area (TPSA) is 59.8 Å². The number of aryl methyl sites for hydroxylation is 1. The maximum absolute atomic E-state index is 11.6. The van der Waals surface area contributed by atoms with Crippen LogP contribution in [0.3, 0.4) is 0 Å². The highest BCUT2D eigenvalue weighted by atomic mass is 32.2. The van der Waals surface area contributed by atoms with E-state index < -0.39 is 0 Å². The van der Waals surface area contributed by atoms with Gasteiger partial charge in [-0.3, -0.25) is 9.48 Å². The second-order valence-electron chi connectivity index (χ2n) is 3.92. The fourth-order valence-corrected chi connectivity index (χ4v) is 2.32. The molecule has 0 spiro atoms. The Labute approximate surface area is 116 Å². The third-order valence-electron chi connectivity index (χ3n) is 2.47. The summed E-state index contributed by atoms with van der Waals surface area (Å²) >= 11 is 1.74. The predicted octanol–water partition coefficient (Wildman–Crippen LogP) is 1.58. The van der Waals surface area contributed by atoms with Crippen LogP contribution in [0, 0.1) is 0 Å². The summed E-state index contributed by atoms with van der Waals surface area (Å²) in [7, 11) is 0. The second-order valence-corrected chi connectivity index (χ2v) is 5.09. The third kappa shape index (κ3) is 5.13. The number of nitrogens with zero attached hydrogens (tertiary/aromatic N) is 3. The van der Waals surface area contributed by atoms with Crippen LogP contribution in [0.5, 0.6) is 0 Å². The normalized spacial score (nSPS) is 10.3. The first-order valence-electron chi connectivity index (χ1n) is 6.11. The molecule has 0 saturated carbocycles. The van der Waals surface area contributed by atoms with Gasteiger partial charge in [0.1, 0.15) is 12.7 Å². The lowest BCUT2D eigenvalue weighted by Crippen LogP contribution is -2.26. The fraction of sp³-hybridized carbons (Fsp3) is 0.308. The second kappa shape index (κ2) is 7.58. The summed E-state index contributed by atoms with van der Waals surface area (Å²) in [5, 5.41) is 6.84. The van der Waals surface area contributed by atoms with Gasteiger partial charge in [0.15, 0.2) is 0 Å². The molecule has 19 heavy (non-hydrogen) atoms. The zero-order chi connectivity index (χ0) is 13.3. The van der Waals surface area contributed by atoms with Crippen molar-refractivity contribution in [1.29, 1.82) is 0 Å². The van der Waals surface area contributed by atoms with Gasteiger partial charge in [-0.15, -0.1) is 11.8 Å². The lowest BCUT2D eigenvalue weighted by molar-refractivity contribution is -0.121. The first kappa shape index (κ1) is 13.6. The van der Waals surface area contributed by atoms with E-state index in [2.05, 4.69) is 27.5 Å². The van der Waals surface area contributed by atoms with Crippen LogP contribution in [-0.4, -0.2) is 33.0 Å². The number of amides is 1. The van der Waals surface area contributed by atoms with Gasteiger partial charge in [0.2, 0.25) is 5.91 Å². The minimum atomic E-state index is 0.0455. The monoisotopic (exact) mass is 276 g/mol. The highest BCUT2D eigenvalue weighted by Gasteiger charge is 2.01. The number of carbonyl (C=O) groups excluding carboxylic acids is 1. The largest absolute Gasteiger partial charge is 0.355 e. The summed E-state index contributed by atoms with van der Waals surface area (Å²) in [6.07, 6.45) is 3.51. The van der Waals surface area contributed by atoms with Gasteiger partial charge in [-0.05, 0) is 12.1 Å². The Balaban J connectivity index is 1.57. The van der Waals surface area contributed by atoms with E-state index in [1.54, 1.807) is 22.8 Å². The molecule has 6 heteroatoms. The van der Waals surface area contributed by atoms with Gasteiger partial charge in [0, 0.05) is 23.6 Å². The Hall–Kier alpha value is -1.82. The Morgan fingerprint density at radius 3 is 2.89 bits per heavy atom. The summed E-state index contributed by atoms with van der Waals surface area (Å²) < 4.78 is 1.65. The van der Waals surface area contributed by atoms with Gasteiger partial charge < -0.3 is 5.32 Å². The van der Waals surface area contributed by atoms with Crippen molar-refractivity contribution in [2.75, 3.05) is 12.3 Å². The van der Waals surface area contributed by atoms with Gasteiger partial charge >= 0.3 is 0 Å². The fourth-order valence-electron chi connectivity index (χ4n) is 1.53. The molecule has 1 aromatic heterocycles. The molecule has 0 aliphatic heterocycles. The summed E-state index contributed by atoms with van der Waals surface area (Å²) in [5.74, 6) is 0.920. The molecule has 0 aliphatic carbocycles. The number of hydrogen-bond acceptors (Lipinski definition) is 4. The zero-order valence-corrected chi connectivity index (χ0v) is 11.3. The Bertz CT molecular complexity index is 487. The van der Waals surface area contributed by atoms with Gasteiger partial charge in [-0.2, -0.15) is 5.10 Å². The Morgan fingerprint density at radius 2 is 2.16 bits per heavy atom. The smallest absolute Gasteiger partial charge is 0.221 e. The van der Waals surface area contributed by atoms with E-state index in [4.69, 9.17) is 0 Å². The van der Waals surface area contributed by atoms with E-state index in [0.717, 1.165) is 5.75 Å². The first-order chi connectivity index (χ1) is 9.34. The Morgan fingerprint density at radius 1 is 1.32 bits per heavy atom. The molecule has 0 bridgehead atoms. The quantitative estimate of drug-likeness (QED) is 0.616. The molecule has 0 radical (unpaired) electrons. The predicted molar refractivity (Wildman–Crippen MR) is 74.8 cm³/mol. The molecule has 2 aromatic rings. The minimum absolute atomic E-state index is 0.0455. The molecule has 0 fully saturated rings. The van der Waals surface area contributed by atoms with Crippen LogP contribution in [0.25, 0.3) is 0 Å². The van der Waals surface area contributed by atoms with Crippen LogP contribution < -0.4 is 5.32 Å². The average molecular weight is 276 g/mol. The molecule has 1 N–H and O–H groups in total. The number of rotatable bonds is 7. The first-order valence-corrected chi connectivity index (χ1v) is 7.10. The molecule has 1 amide bonds. The van der Waals surface area contributed by atoms with Gasteiger partial charge in [-0.25, -0.2) is 4.98 Å². The van der Waals surface area contributed by atoms with Crippen molar-refractivity contribution in [1.82, 2.24) is 20.1 Å². The van der Waals surface area contributed by atoms with Gasteiger partial charge in [0.05, 0.1) is 6.54 Å². The van der Waals surface area contributed by atoms with Crippen molar-refractivity contribution < 1.29 is 4.79 Å². The summed E-state index contributed by atoms with van der Waals surface area (Å²) in [6, 6.07) is 10.2. The number of hydrogen-bond donors (Lipinski definition) is 1. The zero-order valence-electron chi connectivity index (χ0n) is 10.5. The van der Waals surface area contributed by atoms with Crippen LogP contribution in [0.1, 0.15) is 6.42 Å². The molecule has 5 nitrogen and oxygen atoms in total. The van der Waals surface area contributed by atoms with E-state index >= 15 is 0 Å². The summed E-state index contributed by atoms with van der Waals surface area (Å²) in [5.41, 5.74) is 0. The average Bonchev–Trinajstić information content (AvgIpc) is 2.96. The van der Waals surface area contributed by atoms with Crippen molar-refractivity contribution in [2.24, 2.45) is 0 Å². The molecule has 100 valence electrons. The van der Waals surface area contributed by atoms with Crippen molar-refractivity contribution in [2.45, 2.75) is 17.9 Å². The number of nitrogens with one attached hydrogen (secondary N) is 1. The number of aromatic nitrogens is 3. The summed E-state index contributed by atoms with van der Waals surface area (Å²) in [4.78, 5) is 16.6. The van der Waals surface area contributed by atoms with Crippen LogP contribution in [0.2, 0.25) is 0 Å². The summed E-state index contributed by atoms with van der Waals surface area (Å²) in [6.45, 7) is 1.24. The Kier molecular flexibility index (Phi) is 5.43. The van der Waals surface area contributed by atoms with Crippen molar-refractivity contribution in [3.8, 4) is 0 Å². The van der Waals surface area contributed by atoms with E-state index in [-0.39, 0.29) is 5.91 Å². The molecule has 2 rings (SSSR count). The molecule has 0 atom stereocenters. The van der Waals surface area contributed by atoms with Crippen molar-refractivity contribution in [3.05, 3.63) is 43.0 Å². The maximum atomic E-state index is 11.6. The SMILES string of the molecule is O=C(CCn1cncn1)NCCSc1ccccc1. The molecule has 1 heterocycles. The standard InChI is InChI=1S/C13H16N4OS/c18-13(6-8-17-11-14-10-16-17)15-7-9-19-12-4-2-1-3-5-12/h1-5,10-11H,6-9H2,(H,15,18). The van der Waals surface area contributed by atoms with Gasteiger partial charge in [-0.1, -0.05) is 18.2 Å². The highest BCUT2D eigenvalue weighted by molar-refractivity contribution is 7.99. The highest BCUT2D eigenvalue weighted by Crippen LogP contribution is 2.15. The molecule has 0 saturated heterocycles. The van der Waals surface area contributed by atoms with Crippen LogP contribution in [0.15, 0.2) is 47.9 Å². The van der Waals surface area contributed by atoms with E-state index in [1.165, 1.54) is 11.2 Å². The van der Waals surface area contributed by atoms with Crippen molar-refractivity contribution in [3.63, 3.8) is 0 Å². The molecule has 1 aromatic carbocycles. The lowest BCUT2D eigenvalue weighted by Gasteiger charge is -2.05. The van der Waals surface area contributed by atoms with Crippen molar-refractivity contribution >= 4 is 17.7 Å². The molecule has 0 unspecified atom stereocenters. The van der Waals surface area contributed by atoms with E-state index in [0.29, 0.717) is 19.5 Å². The van der Waals surface area contributed by atoms with Crippen LogP contribution in [-0.2, 0) is 11.3 Å². The minimum Gasteiger partial charge on any atom is -0.355 e. The lowest BCUT2D eigenvalue weighted by atomic mass is 10.4. The molecular weight excluding hydrogens is 260 g/mol. The van der Waals surface area contributed by atoms with E-state index in [9.17, 15) is 4.79 Å².